The Hall–Kier alpha value is 0.950. The molecule has 0 aromatic heterocycles. The molecule has 0 saturated heterocycles. The molecule has 0 amide bonds. The first-order valence-corrected chi connectivity index (χ1v) is 9.02. The minimum absolute atomic E-state index is 0.00797. The Balaban J connectivity index is 2.39. The van der Waals surface area contributed by atoms with Crippen molar-refractivity contribution >= 4 is 43.5 Å². The molecule has 110 valence electrons. The van der Waals surface area contributed by atoms with Gasteiger partial charge in [-0.3, -0.25) is 0 Å². The molecule has 2 aliphatic rings. The predicted octanol–water partition coefficient (Wildman–Crippen LogP) is 5.03. The fraction of sp³-hybridized carbons (Fsp3) is 0.867. The van der Waals surface area contributed by atoms with Gasteiger partial charge in [-0.25, -0.2) is 0 Å². The van der Waals surface area contributed by atoms with Crippen LogP contribution in [0.2, 0.25) is 0 Å². The number of rotatable bonds is 0. The van der Waals surface area contributed by atoms with Crippen LogP contribution in [0, 0.1) is 10.8 Å². The largest absolute Gasteiger partial charge is 0.392 e. The summed E-state index contributed by atoms with van der Waals surface area (Å²) in [6.45, 7) is 10.9. The number of aliphatic hydroxyl groups is 1. The minimum atomic E-state index is -0.348. The maximum atomic E-state index is 10.2. The summed E-state index contributed by atoms with van der Waals surface area (Å²) in [5, 5.41) is 10.3. The van der Waals surface area contributed by atoms with E-state index in [0.717, 1.165) is 19.3 Å². The molecule has 0 aromatic rings. The summed E-state index contributed by atoms with van der Waals surface area (Å²) >= 11 is 14.1. The molecule has 2 fully saturated rings. The lowest BCUT2D eigenvalue weighted by molar-refractivity contribution is -0.0175. The van der Waals surface area contributed by atoms with Gasteiger partial charge < -0.3 is 5.11 Å². The van der Waals surface area contributed by atoms with Gasteiger partial charge in [0.2, 0.25) is 0 Å². The van der Waals surface area contributed by atoms with Gasteiger partial charge in [0, 0.05) is 14.5 Å². The molecule has 0 heterocycles. The minimum Gasteiger partial charge on any atom is -0.392 e. The Morgan fingerprint density at radius 3 is 2.42 bits per heavy atom. The molecule has 1 spiro atoms. The van der Waals surface area contributed by atoms with Gasteiger partial charge in [-0.1, -0.05) is 57.9 Å². The second kappa shape index (κ2) is 5.00. The molecular formula is C15H23Br2ClO. The third kappa shape index (κ3) is 2.37. The van der Waals surface area contributed by atoms with E-state index in [-0.39, 0.29) is 31.5 Å². The monoisotopic (exact) mass is 412 g/mol. The van der Waals surface area contributed by atoms with E-state index in [0.29, 0.717) is 6.42 Å². The van der Waals surface area contributed by atoms with Crippen molar-refractivity contribution < 1.29 is 5.11 Å². The molecule has 4 heteroatoms. The van der Waals surface area contributed by atoms with Crippen molar-refractivity contribution in [2.45, 2.75) is 67.1 Å². The first-order chi connectivity index (χ1) is 8.54. The lowest BCUT2D eigenvalue weighted by Crippen LogP contribution is -2.58. The van der Waals surface area contributed by atoms with E-state index in [9.17, 15) is 5.11 Å². The van der Waals surface area contributed by atoms with Gasteiger partial charge in [0.05, 0.1) is 6.10 Å². The highest BCUT2D eigenvalue weighted by atomic mass is 79.9. The summed E-state index contributed by atoms with van der Waals surface area (Å²) in [5.41, 5.74) is 1.16. The van der Waals surface area contributed by atoms with Crippen LogP contribution in [0.1, 0.15) is 46.5 Å². The summed E-state index contributed by atoms with van der Waals surface area (Å²) in [6, 6.07) is 0. The molecular weight excluding hydrogens is 391 g/mol. The predicted molar refractivity (Wildman–Crippen MR) is 89.5 cm³/mol. The topological polar surface area (TPSA) is 20.2 Å². The SMILES string of the molecule is C=C1C[C@@H](O)[C@H](Br)C(C)(C)[C@@]12CC[C@@](C)(Br)[C@H](Cl)C2. The van der Waals surface area contributed by atoms with Crippen LogP contribution in [0.15, 0.2) is 12.2 Å². The van der Waals surface area contributed by atoms with Crippen LogP contribution in [-0.4, -0.2) is 25.7 Å². The lowest BCUT2D eigenvalue weighted by atomic mass is 9.49. The van der Waals surface area contributed by atoms with Crippen LogP contribution < -0.4 is 0 Å². The number of hydrogen-bond acceptors (Lipinski definition) is 1. The Morgan fingerprint density at radius 1 is 1.32 bits per heavy atom. The molecule has 0 bridgehead atoms. The summed E-state index contributed by atoms with van der Waals surface area (Å²) < 4.78 is 0.00797. The molecule has 1 nitrogen and oxygen atoms in total. The van der Waals surface area contributed by atoms with E-state index in [1.54, 1.807) is 0 Å². The summed E-state index contributed by atoms with van der Waals surface area (Å²) in [4.78, 5) is 0.0917. The highest BCUT2D eigenvalue weighted by Crippen LogP contribution is 2.64. The highest BCUT2D eigenvalue weighted by molar-refractivity contribution is 9.10. The Labute approximate surface area is 138 Å². The van der Waals surface area contributed by atoms with Crippen LogP contribution in [-0.2, 0) is 0 Å². The normalized spacial score (nSPS) is 50.5. The Kier molecular flexibility index (Phi) is 4.29. The third-order valence-electron chi connectivity index (χ3n) is 5.61. The van der Waals surface area contributed by atoms with Crippen LogP contribution in [0.5, 0.6) is 0 Å². The summed E-state index contributed by atoms with van der Waals surface area (Å²) in [6.07, 6.45) is 3.39. The van der Waals surface area contributed by atoms with Crippen molar-refractivity contribution in [1.82, 2.24) is 0 Å². The molecule has 1 N–H and O–H groups in total. The molecule has 2 rings (SSSR count). The van der Waals surface area contributed by atoms with Crippen LogP contribution in [0.3, 0.4) is 0 Å². The fourth-order valence-electron chi connectivity index (χ4n) is 3.89. The molecule has 0 unspecified atom stereocenters. The zero-order valence-corrected chi connectivity index (χ0v) is 15.8. The van der Waals surface area contributed by atoms with E-state index in [4.69, 9.17) is 11.6 Å². The third-order valence-corrected chi connectivity index (χ3v) is 9.22. The van der Waals surface area contributed by atoms with Gasteiger partial charge in [-0.05, 0) is 43.4 Å². The standard InChI is InChI=1S/C15H23Br2ClO/c1-9-7-10(19)12(16)13(2,3)15(9)6-5-14(4,17)11(18)8-15/h10-12,19H,1,5-8H2,2-4H3/t10-,11-,12+,14-,15-/m1/s1. The summed E-state index contributed by atoms with van der Waals surface area (Å²) in [7, 11) is 0. The lowest BCUT2D eigenvalue weighted by Gasteiger charge is -2.60. The summed E-state index contributed by atoms with van der Waals surface area (Å²) in [5.74, 6) is 0. The smallest absolute Gasteiger partial charge is 0.0707 e. The van der Waals surface area contributed by atoms with Crippen LogP contribution in [0.4, 0.5) is 0 Å². The molecule has 19 heavy (non-hydrogen) atoms. The maximum absolute atomic E-state index is 10.2. The van der Waals surface area contributed by atoms with E-state index in [1.165, 1.54) is 5.57 Å². The molecule has 0 radical (unpaired) electrons. The first-order valence-electron chi connectivity index (χ1n) is 6.88. The van der Waals surface area contributed by atoms with Gasteiger partial charge in [0.1, 0.15) is 0 Å². The molecule has 5 atom stereocenters. The average molecular weight is 415 g/mol. The van der Waals surface area contributed by atoms with Gasteiger partial charge in [0.15, 0.2) is 0 Å². The van der Waals surface area contributed by atoms with Crippen LogP contribution in [0.25, 0.3) is 0 Å². The maximum Gasteiger partial charge on any atom is 0.0707 e. The first kappa shape index (κ1) is 16.3. The van der Waals surface area contributed by atoms with Crippen molar-refractivity contribution in [1.29, 1.82) is 0 Å². The molecule has 2 aliphatic carbocycles. The van der Waals surface area contributed by atoms with E-state index < -0.39 is 0 Å². The van der Waals surface area contributed by atoms with Crippen molar-refractivity contribution in [3.05, 3.63) is 12.2 Å². The zero-order chi connectivity index (χ0) is 14.6. The average Bonchev–Trinajstić information content (AvgIpc) is 2.29. The number of halogens is 3. The second-order valence-electron chi connectivity index (χ2n) is 7.03. The number of alkyl halides is 3. The van der Waals surface area contributed by atoms with Crippen molar-refractivity contribution in [2.24, 2.45) is 10.8 Å². The van der Waals surface area contributed by atoms with Gasteiger partial charge in [-0.2, -0.15) is 0 Å². The van der Waals surface area contributed by atoms with E-state index in [1.807, 2.05) is 0 Å². The quantitative estimate of drug-likeness (QED) is 0.435. The number of hydrogen-bond donors (Lipinski definition) is 1. The Morgan fingerprint density at radius 2 is 1.89 bits per heavy atom. The van der Waals surface area contributed by atoms with Gasteiger partial charge >= 0.3 is 0 Å². The van der Waals surface area contributed by atoms with Crippen molar-refractivity contribution in [3.8, 4) is 0 Å². The van der Waals surface area contributed by atoms with Crippen molar-refractivity contribution in [3.63, 3.8) is 0 Å². The fourth-order valence-corrected chi connectivity index (χ4v) is 5.25. The molecule has 0 aliphatic heterocycles. The zero-order valence-electron chi connectivity index (χ0n) is 11.8. The van der Waals surface area contributed by atoms with E-state index in [2.05, 4.69) is 59.2 Å². The molecule has 2 saturated carbocycles. The van der Waals surface area contributed by atoms with Gasteiger partial charge in [-0.15, -0.1) is 11.6 Å². The van der Waals surface area contributed by atoms with E-state index >= 15 is 0 Å². The van der Waals surface area contributed by atoms with Gasteiger partial charge in [0.25, 0.3) is 0 Å². The Bertz CT molecular complexity index is 394. The highest BCUT2D eigenvalue weighted by Gasteiger charge is 2.59. The molecule has 0 aromatic carbocycles. The van der Waals surface area contributed by atoms with Crippen molar-refractivity contribution in [2.75, 3.05) is 0 Å². The second-order valence-corrected chi connectivity index (χ2v) is 10.4. The number of aliphatic hydroxyl groups excluding tert-OH is 1. The van der Waals surface area contributed by atoms with Crippen LogP contribution >= 0.6 is 43.5 Å².